The fourth-order valence-corrected chi connectivity index (χ4v) is 3.65. The third kappa shape index (κ3) is 6.07. The van der Waals surface area contributed by atoms with E-state index in [1.165, 1.54) is 5.56 Å². The Balaban J connectivity index is 1.73. The number of carbonyl (C=O) groups excluding carboxylic acids is 1. The second-order valence-corrected chi connectivity index (χ2v) is 7.96. The highest BCUT2D eigenvalue weighted by atomic mass is 79.9. The van der Waals surface area contributed by atoms with Crippen LogP contribution in [0.5, 0.6) is 5.75 Å². The largest absolute Gasteiger partial charge is 0.488 e. The third-order valence-electron chi connectivity index (χ3n) is 4.76. The topological polar surface area (TPSA) is 62.1 Å². The van der Waals surface area contributed by atoms with E-state index < -0.39 is 5.91 Å². The predicted octanol–water partition coefficient (Wildman–Crippen LogP) is 6.44. The van der Waals surface area contributed by atoms with Gasteiger partial charge in [-0.15, -0.1) is 0 Å². The summed E-state index contributed by atoms with van der Waals surface area (Å²) in [5, 5.41) is 12.3. The molecule has 3 rings (SSSR count). The van der Waals surface area contributed by atoms with Crippen molar-refractivity contribution in [2.75, 3.05) is 5.32 Å². The van der Waals surface area contributed by atoms with Crippen LogP contribution in [0.2, 0.25) is 0 Å². The van der Waals surface area contributed by atoms with E-state index in [0.29, 0.717) is 12.4 Å². The monoisotopic (exact) mass is 474 g/mol. The molecular formula is C26H23BrN2O2. The van der Waals surface area contributed by atoms with Crippen LogP contribution in [0, 0.1) is 18.3 Å². The number of hydrogen-bond donors (Lipinski definition) is 1. The number of carbonyl (C=O) groups is 1. The fourth-order valence-electron chi connectivity index (χ4n) is 3.14. The average molecular weight is 475 g/mol. The Kier molecular flexibility index (Phi) is 7.64. The first kappa shape index (κ1) is 22.3. The molecule has 0 spiro atoms. The Bertz CT molecular complexity index is 1160. The van der Waals surface area contributed by atoms with Gasteiger partial charge in [0.2, 0.25) is 0 Å². The Morgan fingerprint density at radius 1 is 1.13 bits per heavy atom. The average Bonchev–Trinajstić information content (AvgIpc) is 2.77. The molecular weight excluding hydrogens is 452 g/mol. The van der Waals surface area contributed by atoms with Gasteiger partial charge in [0, 0.05) is 5.69 Å². The summed E-state index contributed by atoms with van der Waals surface area (Å²) < 4.78 is 6.66. The van der Waals surface area contributed by atoms with Crippen LogP contribution in [0.15, 0.2) is 76.8 Å². The van der Waals surface area contributed by atoms with Gasteiger partial charge < -0.3 is 10.1 Å². The maximum Gasteiger partial charge on any atom is 0.266 e. The summed E-state index contributed by atoms with van der Waals surface area (Å²) in [6.45, 7) is 4.52. The van der Waals surface area contributed by atoms with Gasteiger partial charge in [0.05, 0.1) is 4.47 Å². The smallest absolute Gasteiger partial charge is 0.266 e. The summed E-state index contributed by atoms with van der Waals surface area (Å²) in [5.74, 6) is 0.262. The van der Waals surface area contributed by atoms with Gasteiger partial charge in [-0.25, -0.2) is 0 Å². The highest BCUT2D eigenvalue weighted by Crippen LogP contribution is 2.28. The maximum atomic E-state index is 12.6. The first-order chi connectivity index (χ1) is 15.0. The molecule has 0 saturated heterocycles. The van der Waals surface area contributed by atoms with Crippen molar-refractivity contribution in [2.24, 2.45) is 0 Å². The fraction of sp³-hybridized carbons (Fsp3) is 0.154. The van der Waals surface area contributed by atoms with Gasteiger partial charge in [-0.1, -0.05) is 61.0 Å². The SMILES string of the molecule is CCc1ccccc1NC(=O)/C(C#N)=C/c1ccc(OCc2cccc(C)c2)c(Br)c1. The number of halogens is 1. The number of nitriles is 1. The first-order valence-corrected chi connectivity index (χ1v) is 10.8. The number of nitrogens with one attached hydrogen (secondary N) is 1. The number of rotatable bonds is 7. The number of para-hydroxylation sites is 1. The number of hydrogen-bond acceptors (Lipinski definition) is 3. The molecule has 0 bridgehead atoms. The van der Waals surface area contributed by atoms with Crippen LogP contribution in [-0.2, 0) is 17.8 Å². The molecule has 31 heavy (non-hydrogen) atoms. The van der Waals surface area contributed by atoms with Gasteiger partial charge in [-0.05, 0) is 70.2 Å². The minimum absolute atomic E-state index is 0.0336. The molecule has 0 fully saturated rings. The second-order valence-electron chi connectivity index (χ2n) is 7.10. The van der Waals surface area contributed by atoms with Gasteiger partial charge in [0.15, 0.2) is 0 Å². The molecule has 5 heteroatoms. The van der Waals surface area contributed by atoms with Crippen molar-refractivity contribution in [3.63, 3.8) is 0 Å². The van der Waals surface area contributed by atoms with Crippen LogP contribution in [0.25, 0.3) is 6.08 Å². The van der Waals surface area contributed by atoms with E-state index >= 15 is 0 Å². The van der Waals surface area contributed by atoms with E-state index in [2.05, 4.69) is 27.3 Å². The Morgan fingerprint density at radius 3 is 2.65 bits per heavy atom. The zero-order valence-corrected chi connectivity index (χ0v) is 19.1. The Morgan fingerprint density at radius 2 is 1.94 bits per heavy atom. The molecule has 0 atom stereocenters. The Hall–Kier alpha value is -3.36. The minimum Gasteiger partial charge on any atom is -0.488 e. The van der Waals surface area contributed by atoms with Gasteiger partial charge >= 0.3 is 0 Å². The molecule has 0 aliphatic rings. The molecule has 0 aliphatic carbocycles. The van der Waals surface area contributed by atoms with Crippen molar-refractivity contribution >= 4 is 33.6 Å². The quantitative estimate of drug-likeness (QED) is 0.316. The lowest BCUT2D eigenvalue weighted by atomic mass is 10.1. The minimum atomic E-state index is -0.431. The standard InChI is InChI=1S/C26H23BrN2O2/c1-3-21-9-4-5-10-24(21)29-26(30)22(16-28)14-19-11-12-25(23(27)15-19)31-17-20-8-6-7-18(2)13-20/h4-15H,3,17H2,1-2H3,(H,29,30)/b22-14+. The van der Waals surface area contributed by atoms with Crippen LogP contribution < -0.4 is 10.1 Å². The number of aryl methyl sites for hydroxylation is 2. The molecule has 3 aromatic rings. The van der Waals surface area contributed by atoms with Crippen LogP contribution in [0.1, 0.15) is 29.2 Å². The number of benzene rings is 3. The van der Waals surface area contributed by atoms with Gasteiger partial charge in [-0.2, -0.15) is 5.26 Å². The number of amides is 1. The molecule has 156 valence electrons. The lowest BCUT2D eigenvalue weighted by molar-refractivity contribution is -0.112. The highest BCUT2D eigenvalue weighted by molar-refractivity contribution is 9.10. The molecule has 0 radical (unpaired) electrons. The molecule has 3 aromatic carbocycles. The van der Waals surface area contributed by atoms with E-state index in [0.717, 1.165) is 33.3 Å². The van der Waals surface area contributed by atoms with E-state index in [-0.39, 0.29) is 5.57 Å². The van der Waals surface area contributed by atoms with Crippen molar-refractivity contribution < 1.29 is 9.53 Å². The maximum absolute atomic E-state index is 12.6. The first-order valence-electron chi connectivity index (χ1n) is 9.99. The summed E-state index contributed by atoms with van der Waals surface area (Å²) in [6.07, 6.45) is 2.36. The number of anilines is 1. The zero-order valence-electron chi connectivity index (χ0n) is 17.5. The summed E-state index contributed by atoms with van der Waals surface area (Å²) in [7, 11) is 0. The number of ether oxygens (including phenoxy) is 1. The van der Waals surface area contributed by atoms with Crippen molar-refractivity contribution in [3.05, 3.63) is 99.0 Å². The highest BCUT2D eigenvalue weighted by Gasteiger charge is 2.12. The van der Waals surface area contributed by atoms with Crippen LogP contribution in [-0.4, -0.2) is 5.91 Å². The summed E-state index contributed by atoms with van der Waals surface area (Å²) in [6, 6.07) is 23.2. The molecule has 0 unspecified atom stereocenters. The summed E-state index contributed by atoms with van der Waals surface area (Å²) in [4.78, 5) is 12.6. The molecule has 0 aromatic heterocycles. The summed E-state index contributed by atoms with van der Waals surface area (Å²) in [5.41, 5.74) is 4.77. The van der Waals surface area contributed by atoms with Gasteiger partial charge in [0.25, 0.3) is 5.91 Å². The van der Waals surface area contributed by atoms with E-state index in [9.17, 15) is 10.1 Å². The van der Waals surface area contributed by atoms with Crippen molar-refractivity contribution in [2.45, 2.75) is 26.9 Å². The van der Waals surface area contributed by atoms with Gasteiger partial charge in [-0.3, -0.25) is 4.79 Å². The third-order valence-corrected chi connectivity index (χ3v) is 5.38. The summed E-state index contributed by atoms with van der Waals surface area (Å²) >= 11 is 3.52. The van der Waals surface area contributed by atoms with Crippen LogP contribution in [0.3, 0.4) is 0 Å². The lowest BCUT2D eigenvalue weighted by Crippen LogP contribution is -2.14. The molecule has 1 N–H and O–H groups in total. The van der Waals surface area contributed by atoms with Crippen molar-refractivity contribution in [1.82, 2.24) is 0 Å². The normalized spacial score (nSPS) is 11.0. The number of nitrogens with zero attached hydrogens (tertiary/aromatic N) is 1. The second kappa shape index (κ2) is 10.6. The molecule has 0 heterocycles. The van der Waals surface area contributed by atoms with E-state index in [4.69, 9.17) is 4.74 Å². The van der Waals surface area contributed by atoms with Gasteiger partial charge in [0.1, 0.15) is 24.0 Å². The molecule has 1 amide bonds. The van der Waals surface area contributed by atoms with Crippen LogP contribution in [0.4, 0.5) is 5.69 Å². The van der Waals surface area contributed by atoms with Crippen LogP contribution >= 0.6 is 15.9 Å². The molecule has 0 saturated carbocycles. The molecule has 4 nitrogen and oxygen atoms in total. The van der Waals surface area contributed by atoms with E-state index in [1.807, 2.05) is 80.6 Å². The molecule has 0 aliphatic heterocycles. The Labute approximate surface area is 191 Å². The van der Waals surface area contributed by atoms with E-state index in [1.54, 1.807) is 6.08 Å². The van der Waals surface area contributed by atoms with Crippen molar-refractivity contribution in [3.8, 4) is 11.8 Å². The lowest BCUT2D eigenvalue weighted by Gasteiger charge is -2.10. The van der Waals surface area contributed by atoms with Crippen molar-refractivity contribution in [1.29, 1.82) is 5.26 Å². The predicted molar refractivity (Wildman–Crippen MR) is 128 cm³/mol. The zero-order chi connectivity index (χ0) is 22.2.